The summed E-state index contributed by atoms with van der Waals surface area (Å²) < 4.78 is 16.1. The number of hydrogen-bond donors (Lipinski definition) is 3. The van der Waals surface area contributed by atoms with Gasteiger partial charge < -0.3 is 10.3 Å². The van der Waals surface area contributed by atoms with Gasteiger partial charge in [0, 0.05) is 60.4 Å². The van der Waals surface area contributed by atoms with Crippen molar-refractivity contribution < 1.29 is 4.39 Å². The Kier molecular flexibility index (Phi) is 6.01. The molecule has 6 aromatic rings. The molecule has 0 unspecified atom stereocenters. The van der Waals surface area contributed by atoms with Gasteiger partial charge in [-0.1, -0.05) is 12.8 Å². The number of rotatable bonds is 7. The number of H-pyrrole nitrogens is 2. The fourth-order valence-corrected chi connectivity index (χ4v) is 5.46. The Balaban J connectivity index is 1.24. The third-order valence-corrected chi connectivity index (χ3v) is 7.45. The molecule has 6 heterocycles. The lowest BCUT2D eigenvalue weighted by atomic mass is 10.0. The maximum Gasteiger partial charge on any atom is 0.159 e. The zero-order valence-electron chi connectivity index (χ0n) is 21.2. The largest absolute Gasteiger partial charge is 0.336 e. The molecule has 0 saturated heterocycles. The maximum absolute atomic E-state index is 16.1. The van der Waals surface area contributed by atoms with Gasteiger partial charge in [-0.15, -0.1) is 0 Å². The fraction of sp³-hybridized carbons (Fsp3) is 0.241. The van der Waals surface area contributed by atoms with Crippen LogP contribution in [0.2, 0.25) is 0 Å². The van der Waals surface area contributed by atoms with E-state index in [9.17, 15) is 0 Å². The van der Waals surface area contributed by atoms with Crippen LogP contribution in [0.4, 0.5) is 4.39 Å². The number of halogens is 1. The Morgan fingerprint density at radius 1 is 0.923 bits per heavy atom. The van der Waals surface area contributed by atoms with Crippen molar-refractivity contribution in [3.05, 3.63) is 72.8 Å². The van der Waals surface area contributed by atoms with Crippen LogP contribution < -0.4 is 5.32 Å². The number of nitrogens with one attached hydrogen (secondary N) is 3. The summed E-state index contributed by atoms with van der Waals surface area (Å²) in [6, 6.07) is 7.56. The molecule has 0 aliphatic heterocycles. The molecule has 0 radical (unpaired) electrons. The van der Waals surface area contributed by atoms with Crippen molar-refractivity contribution in [1.82, 2.24) is 45.4 Å². The molecule has 39 heavy (non-hydrogen) atoms. The van der Waals surface area contributed by atoms with Crippen LogP contribution in [-0.2, 0) is 6.54 Å². The lowest BCUT2D eigenvalue weighted by Gasteiger charge is -2.11. The first kappa shape index (κ1) is 23.5. The summed E-state index contributed by atoms with van der Waals surface area (Å²) in [6.45, 7) is 1.69. The Hall–Kier alpha value is -4.57. The molecular formula is C29H26FN9. The number of aromatic amines is 2. The minimum absolute atomic E-state index is 0.273. The van der Waals surface area contributed by atoms with Crippen LogP contribution in [0.3, 0.4) is 0 Å². The highest BCUT2D eigenvalue weighted by Gasteiger charge is 2.22. The van der Waals surface area contributed by atoms with Crippen LogP contribution in [0, 0.1) is 11.7 Å². The van der Waals surface area contributed by atoms with Crippen LogP contribution in [-0.4, -0.2) is 46.6 Å². The van der Waals surface area contributed by atoms with Crippen molar-refractivity contribution in [2.75, 3.05) is 6.54 Å². The van der Waals surface area contributed by atoms with Gasteiger partial charge in [-0.2, -0.15) is 5.10 Å². The van der Waals surface area contributed by atoms with E-state index in [0.717, 1.165) is 29.1 Å². The lowest BCUT2D eigenvalue weighted by Crippen LogP contribution is -2.20. The van der Waals surface area contributed by atoms with Crippen LogP contribution in [0.25, 0.3) is 56.0 Å². The first-order valence-electron chi connectivity index (χ1n) is 13.2. The average molecular weight is 520 g/mol. The van der Waals surface area contributed by atoms with Gasteiger partial charge in [-0.25, -0.2) is 14.4 Å². The third-order valence-electron chi connectivity index (χ3n) is 7.45. The quantitative estimate of drug-likeness (QED) is 0.257. The molecule has 0 aromatic carbocycles. The van der Waals surface area contributed by atoms with E-state index in [1.807, 2.05) is 30.5 Å². The molecule has 0 atom stereocenters. The summed E-state index contributed by atoms with van der Waals surface area (Å²) in [5, 5.41) is 11.0. The van der Waals surface area contributed by atoms with Gasteiger partial charge in [0.2, 0.25) is 0 Å². The van der Waals surface area contributed by atoms with Crippen LogP contribution >= 0.6 is 0 Å². The van der Waals surface area contributed by atoms with Crippen LogP contribution in [0.5, 0.6) is 0 Å². The van der Waals surface area contributed by atoms with E-state index in [0.29, 0.717) is 46.0 Å². The first-order chi connectivity index (χ1) is 19.2. The number of imidazole rings is 1. The van der Waals surface area contributed by atoms with E-state index in [2.05, 4.69) is 40.4 Å². The molecule has 7 rings (SSSR count). The third kappa shape index (κ3) is 4.42. The van der Waals surface area contributed by atoms with Gasteiger partial charge >= 0.3 is 0 Å². The SMILES string of the molecule is Fc1c(-c2cncc(CNCC3CCCC3)c2)cnc2[nH]nc(-c3nc4c(-c5ccncc5)nccc4[nH]3)c12. The topological polar surface area (TPSA) is 121 Å². The molecule has 3 N–H and O–H groups in total. The molecule has 0 bridgehead atoms. The number of pyridine rings is 4. The molecule has 6 aromatic heterocycles. The smallest absolute Gasteiger partial charge is 0.159 e. The van der Waals surface area contributed by atoms with Gasteiger partial charge in [-0.05, 0) is 55.1 Å². The molecule has 1 saturated carbocycles. The van der Waals surface area contributed by atoms with E-state index in [4.69, 9.17) is 4.98 Å². The first-order valence-corrected chi connectivity index (χ1v) is 13.2. The molecule has 1 aliphatic rings. The van der Waals surface area contributed by atoms with Gasteiger partial charge in [0.25, 0.3) is 0 Å². The van der Waals surface area contributed by atoms with E-state index in [1.54, 1.807) is 24.8 Å². The zero-order valence-corrected chi connectivity index (χ0v) is 21.2. The summed E-state index contributed by atoms with van der Waals surface area (Å²) >= 11 is 0. The number of aromatic nitrogens is 8. The van der Waals surface area contributed by atoms with E-state index in [1.165, 1.54) is 31.9 Å². The van der Waals surface area contributed by atoms with Crippen molar-refractivity contribution in [3.63, 3.8) is 0 Å². The van der Waals surface area contributed by atoms with Gasteiger partial charge in [0.05, 0.1) is 16.6 Å². The summed E-state index contributed by atoms with van der Waals surface area (Å²) in [5.74, 6) is 0.759. The normalized spacial score (nSPS) is 14.1. The summed E-state index contributed by atoms with van der Waals surface area (Å²) in [5.41, 5.74) is 5.79. The van der Waals surface area contributed by atoms with Crippen molar-refractivity contribution in [2.45, 2.75) is 32.2 Å². The summed E-state index contributed by atoms with van der Waals surface area (Å²) in [7, 11) is 0. The van der Waals surface area contributed by atoms with Crippen molar-refractivity contribution >= 4 is 22.1 Å². The average Bonchev–Trinajstić information content (AvgIpc) is 3.73. The monoisotopic (exact) mass is 519 g/mol. The second-order valence-corrected chi connectivity index (χ2v) is 10.0. The van der Waals surface area contributed by atoms with E-state index < -0.39 is 5.82 Å². The van der Waals surface area contributed by atoms with E-state index in [-0.39, 0.29) is 5.39 Å². The standard InChI is InChI=1S/C29H26FN9/c30-24-21(20-11-18(14-33-15-20)13-32-12-17-3-1-2-4-17)16-35-28-23(24)27(38-39-28)29-36-22-7-10-34-25(26(22)37-29)19-5-8-31-9-6-19/h5-11,14-17,32H,1-4,12-13H2,(H,36,37)(H,35,38,39). The second kappa shape index (κ2) is 9.95. The Bertz CT molecular complexity index is 1770. The molecule has 1 aliphatic carbocycles. The molecule has 0 amide bonds. The number of nitrogens with zero attached hydrogens (tertiary/aromatic N) is 6. The highest BCUT2D eigenvalue weighted by Crippen LogP contribution is 2.34. The maximum atomic E-state index is 16.1. The van der Waals surface area contributed by atoms with Crippen molar-refractivity contribution in [3.8, 4) is 33.9 Å². The molecule has 1 fully saturated rings. The predicted octanol–water partition coefficient (Wildman–Crippen LogP) is 5.44. The number of hydrogen-bond acceptors (Lipinski definition) is 7. The van der Waals surface area contributed by atoms with Crippen molar-refractivity contribution in [2.24, 2.45) is 5.92 Å². The Labute approximate surface area is 223 Å². The molecule has 0 spiro atoms. The van der Waals surface area contributed by atoms with Crippen LogP contribution in [0.15, 0.2) is 61.4 Å². The summed E-state index contributed by atoms with van der Waals surface area (Å²) in [4.78, 5) is 25.5. The van der Waals surface area contributed by atoms with Crippen molar-refractivity contribution in [1.29, 1.82) is 0 Å². The highest BCUT2D eigenvalue weighted by molar-refractivity contribution is 5.96. The van der Waals surface area contributed by atoms with Gasteiger partial charge in [0.15, 0.2) is 11.5 Å². The summed E-state index contributed by atoms with van der Waals surface area (Å²) in [6.07, 6.45) is 15.4. The fourth-order valence-electron chi connectivity index (χ4n) is 5.46. The van der Waals surface area contributed by atoms with Gasteiger partial charge in [0.1, 0.15) is 17.0 Å². The Morgan fingerprint density at radius 2 is 1.79 bits per heavy atom. The minimum Gasteiger partial charge on any atom is -0.336 e. The number of fused-ring (bicyclic) bond motifs is 2. The minimum atomic E-state index is -0.422. The van der Waals surface area contributed by atoms with Gasteiger partial charge in [-0.3, -0.25) is 20.1 Å². The second-order valence-electron chi connectivity index (χ2n) is 10.0. The van der Waals surface area contributed by atoms with E-state index >= 15 is 4.39 Å². The molecular weight excluding hydrogens is 493 g/mol. The predicted molar refractivity (Wildman–Crippen MR) is 147 cm³/mol. The molecule has 10 heteroatoms. The molecule has 194 valence electrons. The highest BCUT2D eigenvalue weighted by atomic mass is 19.1. The zero-order chi connectivity index (χ0) is 26.2. The van der Waals surface area contributed by atoms with Crippen LogP contribution in [0.1, 0.15) is 31.2 Å². The lowest BCUT2D eigenvalue weighted by molar-refractivity contribution is 0.489. The Morgan fingerprint density at radius 3 is 2.67 bits per heavy atom. The molecule has 9 nitrogen and oxygen atoms in total.